The Hall–Kier alpha value is -0.0800. The molecule has 0 bridgehead atoms. The summed E-state index contributed by atoms with van der Waals surface area (Å²) < 4.78 is 5.31. The first-order valence-electron chi connectivity index (χ1n) is 4.71. The van der Waals surface area contributed by atoms with Gasteiger partial charge in [-0.1, -0.05) is 20.8 Å². The van der Waals surface area contributed by atoms with Gasteiger partial charge in [0, 0.05) is 11.5 Å². The van der Waals surface area contributed by atoms with Crippen LogP contribution in [0.15, 0.2) is 0 Å². The predicted octanol–water partition coefficient (Wildman–Crippen LogP) is 1.79. The highest BCUT2D eigenvalue weighted by atomic mass is 16.5. The molecule has 2 N–H and O–H groups in total. The standard InChI is InChI=1S/C10H21NO/c1-8(11)5-10(6-12-7-10)9(2,3)4/h8H,5-7,11H2,1-4H3. The van der Waals surface area contributed by atoms with E-state index in [2.05, 4.69) is 27.7 Å². The average molecular weight is 171 g/mol. The van der Waals surface area contributed by atoms with E-state index in [0.717, 1.165) is 19.6 Å². The van der Waals surface area contributed by atoms with Gasteiger partial charge in [0.2, 0.25) is 0 Å². The Bertz CT molecular complexity index is 154. The van der Waals surface area contributed by atoms with Crippen LogP contribution in [-0.2, 0) is 4.74 Å². The monoisotopic (exact) mass is 171 g/mol. The molecule has 72 valence electrons. The summed E-state index contributed by atoms with van der Waals surface area (Å²) in [6.07, 6.45) is 1.08. The summed E-state index contributed by atoms with van der Waals surface area (Å²) in [4.78, 5) is 0. The van der Waals surface area contributed by atoms with Crippen LogP contribution in [0.25, 0.3) is 0 Å². The second-order valence-corrected chi connectivity index (χ2v) is 5.20. The molecule has 0 aromatic carbocycles. The quantitative estimate of drug-likeness (QED) is 0.687. The highest BCUT2D eigenvalue weighted by Crippen LogP contribution is 2.47. The van der Waals surface area contributed by atoms with E-state index in [9.17, 15) is 0 Å². The molecule has 1 aliphatic heterocycles. The minimum absolute atomic E-state index is 0.285. The molecule has 0 spiro atoms. The van der Waals surface area contributed by atoms with Crippen LogP contribution in [0.1, 0.15) is 34.1 Å². The summed E-state index contributed by atoms with van der Waals surface area (Å²) >= 11 is 0. The molecule has 1 saturated heterocycles. The van der Waals surface area contributed by atoms with E-state index in [4.69, 9.17) is 10.5 Å². The van der Waals surface area contributed by atoms with Crippen molar-refractivity contribution in [3.05, 3.63) is 0 Å². The highest BCUT2D eigenvalue weighted by molar-refractivity contribution is 4.96. The second-order valence-electron chi connectivity index (χ2n) is 5.20. The molecule has 1 aliphatic rings. The van der Waals surface area contributed by atoms with Crippen LogP contribution in [0.4, 0.5) is 0 Å². The highest BCUT2D eigenvalue weighted by Gasteiger charge is 2.48. The molecule has 12 heavy (non-hydrogen) atoms. The van der Waals surface area contributed by atoms with Crippen LogP contribution in [0.5, 0.6) is 0 Å². The van der Waals surface area contributed by atoms with Gasteiger partial charge in [-0.05, 0) is 18.8 Å². The van der Waals surface area contributed by atoms with Crippen molar-refractivity contribution in [2.24, 2.45) is 16.6 Å². The molecule has 0 aromatic heterocycles. The van der Waals surface area contributed by atoms with E-state index in [-0.39, 0.29) is 6.04 Å². The van der Waals surface area contributed by atoms with Crippen molar-refractivity contribution in [2.45, 2.75) is 40.2 Å². The molecule has 0 saturated carbocycles. The van der Waals surface area contributed by atoms with Crippen molar-refractivity contribution in [2.75, 3.05) is 13.2 Å². The van der Waals surface area contributed by atoms with Crippen LogP contribution in [0, 0.1) is 10.8 Å². The maximum Gasteiger partial charge on any atom is 0.0550 e. The molecule has 1 fully saturated rings. The fourth-order valence-electron chi connectivity index (χ4n) is 1.82. The van der Waals surface area contributed by atoms with E-state index in [1.54, 1.807) is 0 Å². The third kappa shape index (κ3) is 1.64. The summed E-state index contributed by atoms with van der Waals surface area (Å²) in [6, 6.07) is 0.285. The number of hydrogen-bond donors (Lipinski definition) is 1. The summed E-state index contributed by atoms with van der Waals surface area (Å²) in [5.41, 5.74) is 6.48. The zero-order valence-corrected chi connectivity index (χ0v) is 8.68. The molecule has 1 rings (SSSR count). The van der Waals surface area contributed by atoms with E-state index in [1.807, 2.05) is 0 Å². The average Bonchev–Trinajstić information content (AvgIpc) is 1.74. The van der Waals surface area contributed by atoms with Gasteiger partial charge in [0.15, 0.2) is 0 Å². The Balaban J connectivity index is 2.63. The minimum Gasteiger partial charge on any atom is -0.380 e. The SMILES string of the molecule is CC(N)CC1(C(C)(C)C)COC1. The number of hydrogen-bond acceptors (Lipinski definition) is 2. The lowest BCUT2D eigenvalue weighted by Gasteiger charge is -2.52. The topological polar surface area (TPSA) is 35.2 Å². The van der Waals surface area contributed by atoms with Gasteiger partial charge >= 0.3 is 0 Å². The lowest BCUT2D eigenvalue weighted by atomic mass is 9.62. The lowest BCUT2D eigenvalue weighted by Crippen LogP contribution is -2.54. The Kier molecular flexibility index (Phi) is 2.50. The van der Waals surface area contributed by atoms with Crippen molar-refractivity contribution in [3.8, 4) is 0 Å². The van der Waals surface area contributed by atoms with Crippen molar-refractivity contribution in [1.29, 1.82) is 0 Å². The fraction of sp³-hybridized carbons (Fsp3) is 1.00. The van der Waals surface area contributed by atoms with E-state index in [0.29, 0.717) is 10.8 Å². The third-order valence-corrected chi connectivity index (χ3v) is 3.06. The Morgan fingerprint density at radius 3 is 2.00 bits per heavy atom. The molecule has 0 aromatic rings. The van der Waals surface area contributed by atoms with Gasteiger partial charge in [-0.3, -0.25) is 0 Å². The van der Waals surface area contributed by atoms with Gasteiger partial charge < -0.3 is 10.5 Å². The van der Waals surface area contributed by atoms with Crippen molar-refractivity contribution in [3.63, 3.8) is 0 Å². The first kappa shape index (κ1) is 10.0. The first-order chi connectivity index (χ1) is 5.37. The molecule has 2 nitrogen and oxygen atoms in total. The molecular formula is C10H21NO. The number of ether oxygens (including phenoxy) is 1. The largest absolute Gasteiger partial charge is 0.380 e. The first-order valence-corrected chi connectivity index (χ1v) is 4.71. The summed E-state index contributed by atoms with van der Waals surface area (Å²) in [5, 5.41) is 0. The van der Waals surface area contributed by atoms with Crippen LogP contribution in [0.3, 0.4) is 0 Å². The van der Waals surface area contributed by atoms with Gasteiger partial charge in [-0.2, -0.15) is 0 Å². The lowest BCUT2D eigenvalue weighted by molar-refractivity contribution is -0.176. The maximum absolute atomic E-state index is 5.83. The molecule has 1 heterocycles. The summed E-state index contributed by atoms with van der Waals surface area (Å²) in [7, 11) is 0. The zero-order chi connectivity index (χ0) is 9.41. The van der Waals surface area contributed by atoms with E-state index in [1.165, 1.54) is 0 Å². The molecule has 0 aliphatic carbocycles. The minimum atomic E-state index is 0.285. The summed E-state index contributed by atoms with van der Waals surface area (Å²) in [6.45, 7) is 10.7. The molecular weight excluding hydrogens is 150 g/mol. The van der Waals surface area contributed by atoms with Gasteiger partial charge in [-0.15, -0.1) is 0 Å². The Morgan fingerprint density at radius 2 is 1.92 bits per heavy atom. The van der Waals surface area contributed by atoms with E-state index < -0.39 is 0 Å². The number of rotatable bonds is 2. The van der Waals surface area contributed by atoms with Crippen molar-refractivity contribution in [1.82, 2.24) is 0 Å². The van der Waals surface area contributed by atoms with Gasteiger partial charge in [0.25, 0.3) is 0 Å². The van der Waals surface area contributed by atoms with Crippen LogP contribution in [0.2, 0.25) is 0 Å². The summed E-state index contributed by atoms with van der Waals surface area (Å²) in [5.74, 6) is 0. The molecule has 1 unspecified atom stereocenters. The Morgan fingerprint density at radius 1 is 1.42 bits per heavy atom. The zero-order valence-electron chi connectivity index (χ0n) is 8.68. The molecule has 0 radical (unpaired) electrons. The van der Waals surface area contributed by atoms with Crippen LogP contribution < -0.4 is 5.73 Å². The molecule has 1 atom stereocenters. The van der Waals surface area contributed by atoms with Crippen LogP contribution in [-0.4, -0.2) is 19.3 Å². The van der Waals surface area contributed by atoms with Gasteiger partial charge in [-0.25, -0.2) is 0 Å². The normalized spacial score (nSPS) is 24.8. The van der Waals surface area contributed by atoms with E-state index >= 15 is 0 Å². The van der Waals surface area contributed by atoms with Crippen molar-refractivity contribution < 1.29 is 4.74 Å². The number of nitrogens with two attached hydrogens (primary N) is 1. The predicted molar refractivity (Wildman–Crippen MR) is 51.0 cm³/mol. The molecule has 2 heteroatoms. The Labute approximate surface area is 75.5 Å². The smallest absolute Gasteiger partial charge is 0.0550 e. The maximum atomic E-state index is 5.83. The van der Waals surface area contributed by atoms with Crippen molar-refractivity contribution >= 4 is 0 Å². The van der Waals surface area contributed by atoms with Gasteiger partial charge in [0.05, 0.1) is 13.2 Å². The molecule has 0 amide bonds. The van der Waals surface area contributed by atoms with Gasteiger partial charge in [0.1, 0.15) is 0 Å². The van der Waals surface area contributed by atoms with Crippen LogP contribution >= 0.6 is 0 Å². The third-order valence-electron chi connectivity index (χ3n) is 3.06. The fourth-order valence-corrected chi connectivity index (χ4v) is 1.82. The second kappa shape index (κ2) is 3.00.